The van der Waals surface area contributed by atoms with Crippen molar-refractivity contribution in [2.75, 3.05) is 24.8 Å². The lowest BCUT2D eigenvalue weighted by atomic mass is 9.43. The SMILES string of the molecule is CCCCCCCCN(CCCCCCCC)C(=O)CC[C@@H](C)[C@H]1CC[C@H]2[C@@H]3CC[C@@H]4C[C@H](OC(=O)CCl)CC[C@]4(C)[C@H]3C[C@H](OC(=O)CCl)[C@]12C. The third-order valence-corrected chi connectivity index (χ3v) is 15.4. The normalized spacial score (nSPS) is 33.0. The fourth-order valence-electron chi connectivity index (χ4n) is 12.0. The number of hydrogen-bond acceptors (Lipinski definition) is 5. The number of nitrogens with zero attached hydrogens (tertiary/aromatic N) is 1. The van der Waals surface area contributed by atoms with Crippen molar-refractivity contribution in [3.05, 3.63) is 0 Å². The molecule has 6 nitrogen and oxygen atoms in total. The molecule has 0 aromatic rings. The van der Waals surface area contributed by atoms with E-state index in [1.165, 1.54) is 70.6 Å². The summed E-state index contributed by atoms with van der Waals surface area (Å²) in [6, 6.07) is 0. The van der Waals surface area contributed by atoms with E-state index in [-0.39, 0.29) is 46.7 Å². The Hall–Kier alpha value is -1.01. The summed E-state index contributed by atoms with van der Waals surface area (Å²) in [4.78, 5) is 41.0. The molecule has 0 spiro atoms. The van der Waals surface area contributed by atoms with Crippen molar-refractivity contribution < 1.29 is 23.9 Å². The Labute approximate surface area is 327 Å². The van der Waals surface area contributed by atoms with Crippen LogP contribution in [-0.2, 0) is 23.9 Å². The zero-order valence-corrected chi connectivity index (χ0v) is 35.3. The van der Waals surface area contributed by atoms with Crippen LogP contribution in [0.4, 0.5) is 0 Å². The van der Waals surface area contributed by atoms with Crippen LogP contribution >= 0.6 is 23.2 Å². The number of amides is 1. The van der Waals surface area contributed by atoms with E-state index in [4.69, 9.17) is 32.7 Å². The molecule has 52 heavy (non-hydrogen) atoms. The summed E-state index contributed by atoms with van der Waals surface area (Å²) >= 11 is 11.9. The maximum absolute atomic E-state index is 13.9. The Morgan fingerprint density at radius 2 is 1.33 bits per heavy atom. The molecule has 0 heterocycles. The van der Waals surface area contributed by atoms with Crippen LogP contribution in [0, 0.1) is 46.3 Å². The average molecular weight is 769 g/mol. The number of hydrogen-bond donors (Lipinski definition) is 0. The Morgan fingerprint density at radius 3 is 1.94 bits per heavy atom. The minimum Gasteiger partial charge on any atom is -0.461 e. The number of esters is 2. The molecule has 0 N–H and O–H groups in total. The lowest BCUT2D eigenvalue weighted by Gasteiger charge is -2.62. The van der Waals surface area contributed by atoms with Gasteiger partial charge in [-0.1, -0.05) is 98.8 Å². The van der Waals surface area contributed by atoms with Gasteiger partial charge in [-0.3, -0.25) is 14.4 Å². The standard InChI is InChI=1S/C44H75Cl2NO5/c1-6-8-10-12-14-16-26-47(27-17-15-13-11-9-7-2)40(48)23-18-32(3)36-21-22-37-35-20-19-33-28-34(51-41(49)30-45)24-25-43(33,4)38(35)29-39(44(36,37)5)52-42(50)31-46/h32-39H,6-31H2,1-5H3/t32-,33-,34-,35+,36-,37+,38+,39+,43+,44-/m1/s1. The van der Waals surface area contributed by atoms with Crippen molar-refractivity contribution in [2.24, 2.45) is 46.3 Å². The lowest BCUT2D eigenvalue weighted by Crippen LogP contribution is -2.59. The number of rotatable bonds is 22. The van der Waals surface area contributed by atoms with E-state index >= 15 is 0 Å². The molecule has 0 radical (unpaired) electrons. The molecular weight excluding hydrogens is 693 g/mol. The minimum atomic E-state index is -0.318. The molecule has 0 saturated heterocycles. The maximum atomic E-state index is 13.9. The van der Waals surface area contributed by atoms with Gasteiger partial charge in [-0.15, -0.1) is 23.2 Å². The summed E-state index contributed by atoms with van der Waals surface area (Å²) in [5.41, 5.74) is 0.00359. The summed E-state index contributed by atoms with van der Waals surface area (Å²) in [6.07, 6.45) is 24.5. The second-order valence-corrected chi connectivity index (χ2v) is 18.5. The van der Waals surface area contributed by atoms with E-state index in [1.807, 2.05) is 0 Å². The van der Waals surface area contributed by atoms with Gasteiger partial charge in [-0.25, -0.2) is 0 Å². The third kappa shape index (κ3) is 10.8. The topological polar surface area (TPSA) is 72.9 Å². The van der Waals surface area contributed by atoms with Crippen molar-refractivity contribution >= 4 is 41.0 Å². The summed E-state index contributed by atoms with van der Waals surface area (Å²) in [7, 11) is 0. The summed E-state index contributed by atoms with van der Waals surface area (Å²) < 4.78 is 12.1. The Balaban J connectivity index is 1.42. The molecule has 0 bridgehead atoms. The smallest absolute Gasteiger partial charge is 0.321 e. The Bertz CT molecular complexity index is 1100. The highest BCUT2D eigenvalue weighted by Crippen LogP contribution is 2.69. The Kier molecular flexibility index (Phi) is 17.9. The van der Waals surface area contributed by atoms with Crippen LogP contribution in [-0.4, -0.2) is 59.8 Å². The molecule has 0 unspecified atom stereocenters. The van der Waals surface area contributed by atoms with Gasteiger partial charge in [-0.2, -0.15) is 0 Å². The number of ether oxygens (including phenoxy) is 2. The maximum Gasteiger partial charge on any atom is 0.321 e. The van der Waals surface area contributed by atoms with E-state index in [0.29, 0.717) is 47.8 Å². The number of carbonyl (C=O) groups is 3. The number of unbranched alkanes of at least 4 members (excludes halogenated alkanes) is 10. The van der Waals surface area contributed by atoms with Crippen molar-refractivity contribution in [3.63, 3.8) is 0 Å². The quantitative estimate of drug-likeness (QED) is 0.0623. The highest BCUT2D eigenvalue weighted by Gasteiger charge is 2.65. The van der Waals surface area contributed by atoms with E-state index in [2.05, 4.69) is 39.5 Å². The fourth-order valence-corrected chi connectivity index (χ4v) is 12.2. The largest absolute Gasteiger partial charge is 0.461 e. The third-order valence-electron chi connectivity index (χ3n) is 15.0. The highest BCUT2D eigenvalue weighted by atomic mass is 35.5. The molecule has 0 aliphatic heterocycles. The predicted octanol–water partition coefficient (Wildman–Crippen LogP) is 11.5. The van der Waals surface area contributed by atoms with E-state index in [0.717, 1.165) is 77.3 Å². The van der Waals surface area contributed by atoms with Gasteiger partial charge in [0, 0.05) is 24.9 Å². The van der Waals surface area contributed by atoms with Gasteiger partial charge in [0.15, 0.2) is 0 Å². The monoisotopic (exact) mass is 768 g/mol. The van der Waals surface area contributed by atoms with Gasteiger partial charge < -0.3 is 14.4 Å². The zero-order valence-electron chi connectivity index (χ0n) is 33.7. The molecule has 0 aromatic carbocycles. The fraction of sp³-hybridized carbons (Fsp3) is 0.932. The first-order valence-corrected chi connectivity index (χ1v) is 22.9. The first-order valence-electron chi connectivity index (χ1n) is 21.8. The molecule has 0 aromatic heterocycles. The average Bonchev–Trinajstić information content (AvgIpc) is 3.50. The lowest BCUT2D eigenvalue weighted by molar-refractivity contribution is -0.197. The number of halogens is 2. The molecule has 8 heteroatoms. The van der Waals surface area contributed by atoms with Crippen molar-refractivity contribution in [3.8, 4) is 0 Å². The molecule has 4 fully saturated rings. The molecule has 1 amide bonds. The summed E-state index contributed by atoms with van der Waals surface area (Å²) in [5.74, 6) is 2.31. The van der Waals surface area contributed by atoms with Gasteiger partial charge >= 0.3 is 11.9 Å². The van der Waals surface area contributed by atoms with E-state index in [9.17, 15) is 14.4 Å². The molecule has 4 saturated carbocycles. The van der Waals surface area contributed by atoms with Gasteiger partial charge in [0.05, 0.1) is 0 Å². The Morgan fingerprint density at radius 1 is 0.731 bits per heavy atom. The minimum absolute atomic E-state index is 0.0495. The molecule has 10 atom stereocenters. The number of alkyl halides is 2. The molecule has 4 aliphatic rings. The van der Waals surface area contributed by atoms with Crippen molar-refractivity contribution in [2.45, 2.75) is 188 Å². The van der Waals surface area contributed by atoms with Crippen LogP contribution < -0.4 is 0 Å². The van der Waals surface area contributed by atoms with Gasteiger partial charge in [0.25, 0.3) is 0 Å². The highest BCUT2D eigenvalue weighted by molar-refractivity contribution is 6.26. The number of carbonyl (C=O) groups excluding carboxylic acids is 3. The first-order chi connectivity index (χ1) is 25.0. The van der Waals surface area contributed by atoms with Gasteiger partial charge in [0.1, 0.15) is 24.0 Å². The second kappa shape index (κ2) is 21.3. The van der Waals surface area contributed by atoms with Crippen LogP contribution in [0.15, 0.2) is 0 Å². The predicted molar refractivity (Wildman–Crippen MR) is 214 cm³/mol. The molecular formula is C44H75Cl2NO5. The summed E-state index contributed by atoms with van der Waals surface area (Å²) in [5, 5.41) is 0. The molecule has 4 rings (SSSR count). The molecule has 300 valence electrons. The van der Waals surface area contributed by atoms with Crippen molar-refractivity contribution in [1.29, 1.82) is 0 Å². The number of fused-ring (bicyclic) bond motifs is 5. The zero-order chi connectivity index (χ0) is 37.7. The van der Waals surface area contributed by atoms with Crippen LogP contribution in [0.1, 0.15) is 176 Å². The van der Waals surface area contributed by atoms with Crippen molar-refractivity contribution in [1.82, 2.24) is 4.90 Å². The van der Waals surface area contributed by atoms with Crippen LogP contribution in [0.3, 0.4) is 0 Å². The second-order valence-electron chi connectivity index (χ2n) is 18.0. The van der Waals surface area contributed by atoms with Crippen LogP contribution in [0.5, 0.6) is 0 Å². The van der Waals surface area contributed by atoms with Gasteiger partial charge in [-0.05, 0) is 112 Å². The van der Waals surface area contributed by atoms with Crippen LogP contribution in [0.25, 0.3) is 0 Å². The van der Waals surface area contributed by atoms with E-state index in [1.54, 1.807) is 0 Å². The van der Waals surface area contributed by atoms with Crippen LogP contribution in [0.2, 0.25) is 0 Å². The first kappa shape index (κ1) is 43.7. The summed E-state index contributed by atoms with van der Waals surface area (Å²) in [6.45, 7) is 13.6. The molecule has 4 aliphatic carbocycles. The van der Waals surface area contributed by atoms with E-state index < -0.39 is 0 Å². The van der Waals surface area contributed by atoms with Gasteiger partial charge in [0.2, 0.25) is 5.91 Å².